The third-order valence-corrected chi connectivity index (χ3v) is 1.70. The van der Waals surface area contributed by atoms with E-state index in [1.54, 1.807) is 18.3 Å². The van der Waals surface area contributed by atoms with Gasteiger partial charge in [-0.15, -0.1) is 0 Å². The summed E-state index contributed by atoms with van der Waals surface area (Å²) in [6, 6.07) is 3.49. The lowest BCUT2D eigenvalue weighted by Crippen LogP contribution is -2.23. The van der Waals surface area contributed by atoms with Gasteiger partial charge in [0.25, 0.3) is 0 Å². The van der Waals surface area contributed by atoms with Gasteiger partial charge in [0, 0.05) is 6.20 Å². The zero-order valence-corrected chi connectivity index (χ0v) is 6.73. The van der Waals surface area contributed by atoms with Gasteiger partial charge in [0.05, 0.1) is 0 Å². The molecule has 0 fully saturated rings. The maximum atomic E-state index is 10.4. The minimum absolute atomic E-state index is 0.0731. The van der Waals surface area contributed by atoms with Gasteiger partial charge in [0.1, 0.15) is 6.42 Å². The van der Waals surface area contributed by atoms with Crippen LogP contribution < -0.4 is 10.1 Å². The van der Waals surface area contributed by atoms with Crippen molar-refractivity contribution in [3.8, 4) is 5.75 Å². The van der Waals surface area contributed by atoms with E-state index in [1.165, 1.54) is 0 Å². The Morgan fingerprint density at radius 1 is 1.77 bits per heavy atom. The second kappa shape index (κ2) is 2.93. The molecule has 0 aliphatic carbocycles. The molecule has 13 heavy (non-hydrogen) atoms. The van der Waals surface area contributed by atoms with Crippen LogP contribution in [0.5, 0.6) is 5.75 Å². The van der Waals surface area contributed by atoms with Crippen molar-refractivity contribution in [1.82, 2.24) is 4.98 Å². The summed E-state index contributed by atoms with van der Waals surface area (Å²) in [7, 11) is 0. The zero-order chi connectivity index (χ0) is 9.26. The summed E-state index contributed by atoms with van der Waals surface area (Å²) in [5.41, 5.74) is 0. The molecule has 0 spiro atoms. The first kappa shape index (κ1) is 7.85. The molecule has 1 aromatic heterocycles. The second-order valence-corrected chi connectivity index (χ2v) is 2.70. The van der Waals surface area contributed by atoms with Gasteiger partial charge in [-0.1, -0.05) is 0 Å². The predicted molar refractivity (Wildman–Crippen MR) is 44.5 cm³/mol. The molecule has 1 aromatic rings. The van der Waals surface area contributed by atoms with Gasteiger partial charge in [-0.3, -0.25) is 4.79 Å². The van der Waals surface area contributed by atoms with Crippen LogP contribution in [0.1, 0.15) is 6.42 Å². The number of carboxylic acids is 1. The van der Waals surface area contributed by atoms with Crippen LogP contribution in [0.3, 0.4) is 0 Å². The van der Waals surface area contributed by atoms with Gasteiger partial charge >= 0.3 is 5.97 Å². The Balaban J connectivity index is 2.09. The van der Waals surface area contributed by atoms with Crippen molar-refractivity contribution < 1.29 is 14.6 Å². The first-order chi connectivity index (χ1) is 6.25. The normalized spacial score (nSPS) is 18.6. The van der Waals surface area contributed by atoms with Crippen LogP contribution in [0.2, 0.25) is 0 Å². The zero-order valence-electron chi connectivity index (χ0n) is 6.73. The lowest BCUT2D eigenvalue weighted by Gasteiger charge is -2.06. The largest absolute Gasteiger partial charge is 0.481 e. The van der Waals surface area contributed by atoms with E-state index >= 15 is 0 Å². The molecular weight excluding hydrogens is 172 g/mol. The molecule has 5 heteroatoms. The highest BCUT2D eigenvalue weighted by Crippen LogP contribution is 2.29. The number of pyridine rings is 1. The Morgan fingerprint density at radius 2 is 2.62 bits per heavy atom. The number of carbonyl (C=O) groups is 1. The molecule has 0 radical (unpaired) electrons. The molecule has 0 amide bonds. The summed E-state index contributed by atoms with van der Waals surface area (Å²) in [6.45, 7) is 0. The quantitative estimate of drug-likeness (QED) is 0.700. The highest BCUT2D eigenvalue weighted by Gasteiger charge is 2.24. The minimum Gasteiger partial charge on any atom is -0.481 e. The number of aromatic nitrogens is 1. The Hall–Kier alpha value is -1.78. The van der Waals surface area contributed by atoms with Crippen molar-refractivity contribution in [2.45, 2.75) is 12.6 Å². The number of aliphatic carboxylic acids is 1. The molecule has 2 N–H and O–H groups in total. The van der Waals surface area contributed by atoms with Crippen molar-refractivity contribution >= 4 is 11.8 Å². The van der Waals surface area contributed by atoms with Crippen LogP contribution in [0.4, 0.5) is 5.82 Å². The van der Waals surface area contributed by atoms with Crippen LogP contribution in [-0.2, 0) is 4.79 Å². The van der Waals surface area contributed by atoms with E-state index in [0.29, 0.717) is 11.6 Å². The maximum absolute atomic E-state index is 10.4. The number of rotatable bonds is 2. The van der Waals surface area contributed by atoms with E-state index in [0.717, 1.165) is 0 Å². The fraction of sp³-hybridized carbons (Fsp3) is 0.250. The summed E-state index contributed by atoms with van der Waals surface area (Å²) < 4.78 is 5.26. The number of fused-ring (bicyclic) bond motifs is 1. The number of hydrogen-bond acceptors (Lipinski definition) is 4. The molecule has 1 atom stereocenters. The SMILES string of the molecule is O=C(O)CC1Nc2ncccc2O1. The molecule has 68 valence electrons. The lowest BCUT2D eigenvalue weighted by atomic mass is 10.4. The molecule has 0 aromatic carbocycles. The molecule has 0 bridgehead atoms. The Morgan fingerprint density at radius 3 is 3.31 bits per heavy atom. The van der Waals surface area contributed by atoms with Crippen LogP contribution in [0, 0.1) is 0 Å². The number of ether oxygens (including phenoxy) is 1. The van der Waals surface area contributed by atoms with Gasteiger partial charge in [0.15, 0.2) is 17.8 Å². The Bertz CT molecular complexity index is 315. The number of anilines is 1. The van der Waals surface area contributed by atoms with Crippen LogP contribution in [-0.4, -0.2) is 22.3 Å². The standard InChI is InChI=1S/C8H8N2O3/c11-7(12)4-6-10-8-5(13-6)2-1-3-9-8/h1-3,6H,4H2,(H,9,10)(H,11,12). The lowest BCUT2D eigenvalue weighted by molar-refractivity contribution is -0.138. The van der Waals surface area contributed by atoms with Crippen molar-refractivity contribution in [3.05, 3.63) is 18.3 Å². The van der Waals surface area contributed by atoms with Crippen molar-refractivity contribution in [2.75, 3.05) is 5.32 Å². The first-order valence-corrected chi connectivity index (χ1v) is 3.86. The number of nitrogens with one attached hydrogen (secondary N) is 1. The molecule has 5 nitrogen and oxygen atoms in total. The summed E-state index contributed by atoms with van der Waals surface area (Å²) in [5.74, 6) is 0.313. The molecule has 1 aliphatic heterocycles. The molecule has 0 saturated heterocycles. The fourth-order valence-electron chi connectivity index (χ4n) is 1.18. The van der Waals surface area contributed by atoms with Gasteiger partial charge in [-0.25, -0.2) is 4.98 Å². The van der Waals surface area contributed by atoms with Crippen molar-refractivity contribution in [2.24, 2.45) is 0 Å². The van der Waals surface area contributed by atoms with E-state index in [2.05, 4.69) is 10.3 Å². The van der Waals surface area contributed by atoms with Gasteiger partial charge in [-0.05, 0) is 12.1 Å². The molecule has 1 unspecified atom stereocenters. The highest BCUT2D eigenvalue weighted by molar-refractivity contribution is 5.69. The number of carboxylic acid groups (broad SMARTS) is 1. The number of nitrogens with zero attached hydrogens (tertiary/aromatic N) is 1. The molecular formula is C8H8N2O3. The molecule has 2 rings (SSSR count). The monoisotopic (exact) mass is 180 g/mol. The molecule has 1 aliphatic rings. The van der Waals surface area contributed by atoms with E-state index in [1.807, 2.05) is 0 Å². The highest BCUT2D eigenvalue weighted by atomic mass is 16.5. The minimum atomic E-state index is -0.898. The van der Waals surface area contributed by atoms with Crippen LogP contribution in [0.15, 0.2) is 18.3 Å². The van der Waals surface area contributed by atoms with E-state index in [4.69, 9.17) is 9.84 Å². The van der Waals surface area contributed by atoms with E-state index in [9.17, 15) is 4.79 Å². The van der Waals surface area contributed by atoms with E-state index < -0.39 is 12.2 Å². The summed E-state index contributed by atoms with van der Waals surface area (Å²) in [4.78, 5) is 14.4. The first-order valence-electron chi connectivity index (χ1n) is 3.86. The summed E-state index contributed by atoms with van der Waals surface area (Å²) in [6.07, 6.45) is 1.05. The number of hydrogen-bond donors (Lipinski definition) is 2. The average Bonchev–Trinajstić information content (AvgIpc) is 2.44. The second-order valence-electron chi connectivity index (χ2n) is 2.70. The summed E-state index contributed by atoms with van der Waals surface area (Å²) in [5, 5.41) is 11.4. The van der Waals surface area contributed by atoms with Crippen LogP contribution >= 0.6 is 0 Å². The average molecular weight is 180 g/mol. The van der Waals surface area contributed by atoms with Gasteiger partial charge in [-0.2, -0.15) is 0 Å². The predicted octanol–water partition coefficient (Wildman–Crippen LogP) is 0.687. The third kappa shape index (κ3) is 1.53. The van der Waals surface area contributed by atoms with Gasteiger partial charge < -0.3 is 15.2 Å². The smallest absolute Gasteiger partial charge is 0.309 e. The molecule has 0 saturated carbocycles. The third-order valence-electron chi connectivity index (χ3n) is 1.70. The van der Waals surface area contributed by atoms with Gasteiger partial charge in [0.2, 0.25) is 0 Å². The fourth-order valence-corrected chi connectivity index (χ4v) is 1.18. The summed E-state index contributed by atoms with van der Waals surface area (Å²) >= 11 is 0. The van der Waals surface area contributed by atoms with Crippen LogP contribution in [0.25, 0.3) is 0 Å². The molecule has 2 heterocycles. The van der Waals surface area contributed by atoms with E-state index in [-0.39, 0.29) is 6.42 Å². The Kier molecular flexibility index (Phi) is 1.77. The topological polar surface area (TPSA) is 71.5 Å². The Labute approximate surface area is 74.4 Å². The van der Waals surface area contributed by atoms with Crippen molar-refractivity contribution in [3.63, 3.8) is 0 Å². The van der Waals surface area contributed by atoms with Crippen molar-refractivity contribution in [1.29, 1.82) is 0 Å². The maximum Gasteiger partial charge on any atom is 0.309 e.